The number of benzene rings is 1. The Hall–Kier alpha value is -2.23. The van der Waals surface area contributed by atoms with Crippen LogP contribution in [0.4, 0.5) is 0 Å². The van der Waals surface area contributed by atoms with Gasteiger partial charge in [-0.2, -0.15) is 0 Å². The predicted molar refractivity (Wildman–Crippen MR) is 61.9 cm³/mol. The van der Waals surface area contributed by atoms with Crippen LogP contribution in [0.2, 0.25) is 0 Å². The van der Waals surface area contributed by atoms with Gasteiger partial charge in [-0.05, 0) is 18.6 Å². The van der Waals surface area contributed by atoms with Crippen LogP contribution in [0.25, 0.3) is 21.9 Å². The largest absolute Gasteiger partial charge is 0.477 e. The van der Waals surface area contributed by atoms with Crippen molar-refractivity contribution in [1.29, 1.82) is 0 Å². The molecule has 2 aromatic heterocycles. The summed E-state index contributed by atoms with van der Waals surface area (Å²) in [7, 11) is 0. The number of rotatable bonds is 1. The maximum Gasteiger partial charge on any atom is 0.352 e. The first-order chi connectivity index (χ1) is 7.66. The summed E-state index contributed by atoms with van der Waals surface area (Å²) in [6, 6.07) is 7.64. The van der Waals surface area contributed by atoms with E-state index in [1.54, 1.807) is 6.07 Å². The molecule has 3 N–H and O–H groups in total. The van der Waals surface area contributed by atoms with Gasteiger partial charge in [0.2, 0.25) is 0 Å². The molecular formula is C12H10N2O2. The Morgan fingerprint density at radius 3 is 2.81 bits per heavy atom. The van der Waals surface area contributed by atoms with Crippen LogP contribution in [-0.4, -0.2) is 21.0 Å². The fraction of sp³-hybridized carbons (Fsp3) is 0.0833. The second kappa shape index (κ2) is 2.88. The Labute approximate surface area is 90.9 Å². The third-order valence-electron chi connectivity index (χ3n) is 2.86. The van der Waals surface area contributed by atoms with Crippen LogP contribution < -0.4 is 0 Å². The number of hydrogen-bond acceptors (Lipinski definition) is 1. The van der Waals surface area contributed by atoms with Crippen molar-refractivity contribution in [3.63, 3.8) is 0 Å². The smallest absolute Gasteiger partial charge is 0.352 e. The van der Waals surface area contributed by atoms with E-state index < -0.39 is 5.97 Å². The third-order valence-corrected chi connectivity index (χ3v) is 2.86. The monoisotopic (exact) mass is 214 g/mol. The van der Waals surface area contributed by atoms with Crippen molar-refractivity contribution in [2.24, 2.45) is 0 Å². The molecule has 0 unspecified atom stereocenters. The number of aromatic carboxylic acids is 1. The van der Waals surface area contributed by atoms with Gasteiger partial charge in [-0.15, -0.1) is 0 Å². The Morgan fingerprint density at radius 1 is 1.25 bits per heavy atom. The molecule has 1 aromatic carbocycles. The summed E-state index contributed by atoms with van der Waals surface area (Å²) in [5, 5.41) is 10.9. The van der Waals surface area contributed by atoms with Crippen molar-refractivity contribution < 1.29 is 9.90 Å². The standard InChI is InChI=1S/C12H10N2O2/c1-6-3-2-4-7-8-5-9(12(15)16)13-11(8)14-10(6)7/h2-5,13-14H,1H3,(H,15,16). The number of aromatic amines is 2. The van der Waals surface area contributed by atoms with Crippen LogP contribution >= 0.6 is 0 Å². The number of carboxylic acids is 1. The number of para-hydroxylation sites is 1. The van der Waals surface area contributed by atoms with E-state index in [4.69, 9.17) is 5.11 Å². The van der Waals surface area contributed by atoms with Gasteiger partial charge >= 0.3 is 5.97 Å². The molecule has 0 saturated heterocycles. The predicted octanol–water partition coefficient (Wildman–Crippen LogP) is 2.66. The summed E-state index contributed by atoms with van der Waals surface area (Å²) in [5.41, 5.74) is 3.19. The van der Waals surface area contributed by atoms with Crippen molar-refractivity contribution in [2.75, 3.05) is 0 Å². The second-order valence-electron chi connectivity index (χ2n) is 3.90. The number of nitrogens with one attached hydrogen (secondary N) is 2. The van der Waals surface area contributed by atoms with E-state index in [2.05, 4.69) is 9.97 Å². The third kappa shape index (κ3) is 1.07. The van der Waals surface area contributed by atoms with Crippen LogP contribution in [0.5, 0.6) is 0 Å². The minimum Gasteiger partial charge on any atom is -0.477 e. The van der Waals surface area contributed by atoms with Gasteiger partial charge in [-0.25, -0.2) is 4.79 Å². The lowest BCUT2D eigenvalue weighted by Crippen LogP contribution is -1.95. The SMILES string of the molecule is Cc1cccc2c1[nH]c1[nH]c(C(=O)O)cc12. The highest BCUT2D eigenvalue weighted by molar-refractivity contribution is 6.09. The molecule has 0 fully saturated rings. The van der Waals surface area contributed by atoms with E-state index >= 15 is 0 Å². The lowest BCUT2D eigenvalue weighted by Gasteiger charge is -1.94. The zero-order valence-corrected chi connectivity index (χ0v) is 8.66. The van der Waals surface area contributed by atoms with Crippen molar-refractivity contribution in [2.45, 2.75) is 6.92 Å². The van der Waals surface area contributed by atoms with E-state index in [1.165, 1.54) is 0 Å². The summed E-state index contributed by atoms with van der Waals surface area (Å²) in [6.07, 6.45) is 0. The van der Waals surface area contributed by atoms with E-state index in [1.807, 2.05) is 25.1 Å². The number of H-pyrrole nitrogens is 2. The number of carbonyl (C=O) groups is 1. The van der Waals surface area contributed by atoms with Gasteiger partial charge < -0.3 is 15.1 Å². The van der Waals surface area contributed by atoms with Crippen LogP contribution in [0.15, 0.2) is 24.3 Å². The van der Waals surface area contributed by atoms with Crippen LogP contribution in [0.3, 0.4) is 0 Å². The molecule has 0 amide bonds. The number of fused-ring (bicyclic) bond motifs is 3. The van der Waals surface area contributed by atoms with Gasteiger partial charge in [-0.1, -0.05) is 18.2 Å². The highest BCUT2D eigenvalue weighted by Crippen LogP contribution is 2.27. The topological polar surface area (TPSA) is 68.9 Å². The Kier molecular flexibility index (Phi) is 1.63. The molecule has 0 aliphatic heterocycles. The molecule has 0 atom stereocenters. The summed E-state index contributed by atoms with van der Waals surface area (Å²) in [5.74, 6) is -0.939. The van der Waals surface area contributed by atoms with Crippen molar-refractivity contribution in [1.82, 2.24) is 9.97 Å². The minimum atomic E-state index is -0.939. The fourth-order valence-corrected chi connectivity index (χ4v) is 2.06. The first-order valence-corrected chi connectivity index (χ1v) is 5.00. The zero-order chi connectivity index (χ0) is 11.3. The number of aryl methyl sites for hydroxylation is 1. The van der Waals surface area contributed by atoms with Gasteiger partial charge in [0.05, 0.1) is 5.52 Å². The molecule has 2 heterocycles. The van der Waals surface area contributed by atoms with Crippen molar-refractivity contribution >= 4 is 27.9 Å². The van der Waals surface area contributed by atoms with Gasteiger partial charge in [0.25, 0.3) is 0 Å². The maximum atomic E-state index is 10.8. The number of hydrogen-bond donors (Lipinski definition) is 3. The van der Waals surface area contributed by atoms with Crippen LogP contribution in [0, 0.1) is 6.92 Å². The zero-order valence-electron chi connectivity index (χ0n) is 8.66. The van der Waals surface area contributed by atoms with Crippen molar-refractivity contribution in [3.8, 4) is 0 Å². The molecular weight excluding hydrogens is 204 g/mol. The number of aromatic nitrogens is 2. The normalized spacial score (nSPS) is 11.3. The molecule has 80 valence electrons. The Balaban J connectivity index is 2.43. The minimum absolute atomic E-state index is 0.213. The van der Waals surface area contributed by atoms with Crippen molar-refractivity contribution in [3.05, 3.63) is 35.5 Å². The quantitative estimate of drug-likeness (QED) is 0.582. The van der Waals surface area contributed by atoms with Crippen LogP contribution in [0.1, 0.15) is 16.1 Å². The molecule has 0 radical (unpaired) electrons. The molecule has 0 aliphatic carbocycles. The summed E-state index contributed by atoms with van der Waals surface area (Å²) < 4.78 is 0. The summed E-state index contributed by atoms with van der Waals surface area (Å²) in [6.45, 7) is 2.02. The lowest BCUT2D eigenvalue weighted by atomic mass is 10.1. The van der Waals surface area contributed by atoms with E-state index in [0.717, 1.165) is 27.5 Å². The highest BCUT2D eigenvalue weighted by Gasteiger charge is 2.12. The molecule has 3 aromatic rings. The summed E-state index contributed by atoms with van der Waals surface area (Å²) in [4.78, 5) is 16.9. The average Bonchev–Trinajstić information content (AvgIpc) is 2.76. The van der Waals surface area contributed by atoms with Gasteiger partial charge in [0, 0.05) is 10.8 Å². The molecule has 16 heavy (non-hydrogen) atoms. The lowest BCUT2D eigenvalue weighted by molar-refractivity contribution is 0.0691. The molecule has 0 spiro atoms. The number of carboxylic acid groups (broad SMARTS) is 1. The van der Waals surface area contributed by atoms with Gasteiger partial charge in [0.15, 0.2) is 0 Å². The molecule has 0 saturated carbocycles. The van der Waals surface area contributed by atoms with Gasteiger partial charge in [0.1, 0.15) is 11.3 Å². The molecule has 0 bridgehead atoms. The van der Waals surface area contributed by atoms with E-state index in [9.17, 15) is 4.79 Å². The van der Waals surface area contributed by atoms with E-state index in [-0.39, 0.29) is 5.69 Å². The first-order valence-electron chi connectivity index (χ1n) is 5.00. The maximum absolute atomic E-state index is 10.8. The van der Waals surface area contributed by atoms with Gasteiger partial charge in [-0.3, -0.25) is 0 Å². The van der Waals surface area contributed by atoms with Crippen LogP contribution in [-0.2, 0) is 0 Å². The fourth-order valence-electron chi connectivity index (χ4n) is 2.06. The highest BCUT2D eigenvalue weighted by atomic mass is 16.4. The molecule has 4 heteroatoms. The first kappa shape index (κ1) is 9.03. The second-order valence-corrected chi connectivity index (χ2v) is 3.90. The van der Waals surface area contributed by atoms with E-state index in [0.29, 0.717) is 0 Å². The Morgan fingerprint density at radius 2 is 2.06 bits per heavy atom. The molecule has 3 rings (SSSR count). The molecule has 4 nitrogen and oxygen atoms in total. The summed E-state index contributed by atoms with van der Waals surface area (Å²) >= 11 is 0. The average molecular weight is 214 g/mol. The molecule has 0 aliphatic rings. The Bertz CT molecular complexity index is 706.